The molecule has 2 heteroatoms. The number of hydrogen-bond donors (Lipinski definition) is 2. The van der Waals surface area contributed by atoms with Gasteiger partial charge in [-0.1, -0.05) is 62.8 Å². The van der Waals surface area contributed by atoms with Crippen LogP contribution < -0.4 is 0 Å². The molecule has 2 aliphatic rings. The van der Waals surface area contributed by atoms with Crippen molar-refractivity contribution in [2.75, 3.05) is 0 Å². The van der Waals surface area contributed by atoms with Gasteiger partial charge in [-0.2, -0.15) is 0 Å². The van der Waals surface area contributed by atoms with Crippen molar-refractivity contribution in [3.05, 3.63) is 59.7 Å². The molecular weight excluding hydrogens is 320 g/mol. The molecule has 0 bridgehead atoms. The maximum atomic E-state index is 9.34. The Morgan fingerprint density at radius 3 is 1.27 bits per heavy atom. The van der Waals surface area contributed by atoms with E-state index >= 15 is 0 Å². The van der Waals surface area contributed by atoms with E-state index in [1.165, 1.54) is 75.3 Å². The Morgan fingerprint density at radius 1 is 0.538 bits per heavy atom. The molecule has 2 saturated carbocycles. The molecule has 0 unspecified atom stereocenters. The summed E-state index contributed by atoms with van der Waals surface area (Å²) in [5, 5.41) is 18.7. The lowest BCUT2D eigenvalue weighted by Crippen LogP contribution is -2.03. The predicted octanol–water partition coefficient (Wildman–Crippen LogP) is 6.88. The van der Waals surface area contributed by atoms with E-state index in [-0.39, 0.29) is 0 Å². The molecule has 2 aliphatic carbocycles. The Bertz CT molecular complexity index is 608. The van der Waals surface area contributed by atoms with Gasteiger partial charge in [-0.05, 0) is 72.9 Å². The van der Waals surface area contributed by atoms with Crippen LogP contribution in [0.3, 0.4) is 0 Å². The van der Waals surface area contributed by atoms with Crippen LogP contribution in [0.25, 0.3) is 0 Å². The number of benzene rings is 2. The second-order valence-electron chi connectivity index (χ2n) is 7.86. The fourth-order valence-electron chi connectivity index (χ4n) is 4.43. The first-order valence-electron chi connectivity index (χ1n) is 10.3. The summed E-state index contributed by atoms with van der Waals surface area (Å²) in [6.07, 6.45) is 13.3. The summed E-state index contributed by atoms with van der Waals surface area (Å²) in [4.78, 5) is 0. The van der Waals surface area contributed by atoms with Gasteiger partial charge in [0, 0.05) is 0 Å². The number of phenols is 2. The van der Waals surface area contributed by atoms with Gasteiger partial charge in [0.1, 0.15) is 11.5 Å². The minimum Gasteiger partial charge on any atom is -0.508 e. The first-order chi connectivity index (χ1) is 12.7. The van der Waals surface area contributed by atoms with Crippen molar-refractivity contribution in [3.8, 4) is 11.5 Å². The second kappa shape index (κ2) is 9.66. The lowest BCUT2D eigenvalue weighted by Gasteiger charge is -2.21. The van der Waals surface area contributed by atoms with Crippen LogP contribution in [0.5, 0.6) is 11.5 Å². The zero-order valence-corrected chi connectivity index (χ0v) is 15.7. The van der Waals surface area contributed by atoms with Gasteiger partial charge in [0.2, 0.25) is 0 Å². The Kier molecular flexibility index (Phi) is 6.99. The van der Waals surface area contributed by atoms with Crippen LogP contribution in [0.4, 0.5) is 0 Å². The Labute approximate surface area is 157 Å². The summed E-state index contributed by atoms with van der Waals surface area (Å²) in [7, 11) is 0. The highest BCUT2D eigenvalue weighted by molar-refractivity contribution is 5.30. The molecule has 2 aromatic rings. The van der Waals surface area contributed by atoms with E-state index in [4.69, 9.17) is 0 Å². The van der Waals surface area contributed by atoms with Gasteiger partial charge in [0.25, 0.3) is 0 Å². The molecule has 4 rings (SSSR count). The van der Waals surface area contributed by atoms with E-state index in [9.17, 15) is 10.2 Å². The molecule has 0 heterocycles. The quantitative estimate of drug-likeness (QED) is 0.618. The fourth-order valence-corrected chi connectivity index (χ4v) is 4.43. The smallest absolute Gasteiger partial charge is 0.115 e. The molecule has 0 aliphatic heterocycles. The number of aromatic hydroxyl groups is 2. The van der Waals surface area contributed by atoms with Crippen LogP contribution in [0.1, 0.15) is 87.2 Å². The molecule has 0 amide bonds. The third kappa shape index (κ3) is 5.52. The summed E-state index contributed by atoms with van der Waals surface area (Å²) >= 11 is 0. The molecule has 0 atom stereocenters. The van der Waals surface area contributed by atoms with Crippen molar-refractivity contribution < 1.29 is 10.2 Å². The average Bonchev–Trinajstić information content (AvgIpc) is 2.70. The molecule has 140 valence electrons. The molecule has 26 heavy (non-hydrogen) atoms. The Morgan fingerprint density at radius 2 is 0.923 bits per heavy atom. The lowest BCUT2D eigenvalue weighted by atomic mass is 9.84. The summed E-state index contributed by atoms with van der Waals surface area (Å²) < 4.78 is 0. The summed E-state index contributed by atoms with van der Waals surface area (Å²) in [5.41, 5.74) is 2.64. The van der Waals surface area contributed by atoms with Gasteiger partial charge in [-0.15, -0.1) is 0 Å². The van der Waals surface area contributed by atoms with Crippen molar-refractivity contribution in [2.45, 2.75) is 76.0 Å². The lowest BCUT2D eigenvalue weighted by molar-refractivity contribution is 0.438. The molecule has 2 N–H and O–H groups in total. The molecule has 2 fully saturated rings. The van der Waals surface area contributed by atoms with E-state index in [2.05, 4.69) is 12.1 Å². The van der Waals surface area contributed by atoms with Crippen molar-refractivity contribution in [1.82, 2.24) is 0 Å². The summed E-state index contributed by atoms with van der Waals surface area (Å²) in [6, 6.07) is 15.5. The van der Waals surface area contributed by atoms with Crippen LogP contribution in [-0.4, -0.2) is 10.2 Å². The van der Waals surface area contributed by atoms with E-state index in [1.807, 2.05) is 24.3 Å². The molecule has 0 aromatic heterocycles. The van der Waals surface area contributed by atoms with Crippen molar-refractivity contribution in [1.29, 1.82) is 0 Å². The van der Waals surface area contributed by atoms with Gasteiger partial charge in [0.05, 0.1) is 0 Å². The minimum atomic E-state index is 0.406. The second-order valence-corrected chi connectivity index (χ2v) is 7.86. The molecule has 2 aromatic carbocycles. The zero-order valence-electron chi connectivity index (χ0n) is 15.7. The average molecular weight is 353 g/mol. The SMILES string of the molecule is Oc1cccc(C2CCCCC2)c1.Oc1cccc(C2CCCCC2)c1. The first kappa shape index (κ1) is 18.8. The van der Waals surface area contributed by atoms with Gasteiger partial charge >= 0.3 is 0 Å². The van der Waals surface area contributed by atoms with E-state index in [0.29, 0.717) is 23.3 Å². The standard InChI is InChI=1S/2C12H16O/c2*13-12-8-4-7-11(9-12)10-5-2-1-3-6-10/h2*4,7-10,13H,1-3,5-6H2. The molecule has 0 saturated heterocycles. The van der Waals surface area contributed by atoms with Crippen LogP contribution in [0.15, 0.2) is 48.5 Å². The van der Waals surface area contributed by atoms with E-state index < -0.39 is 0 Å². The van der Waals surface area contributed by atoms with Gasteiger partial charge < -0.3 is 10.2 Å². The van der Waals surface area contributed by atoms with Crippen molar-refractivity contribution in [2.24, 2.45) is 0 Å². The minimum absolute atomic E-state index is 0.406. The predicted molar refractivity (Wildman–Crippen MR) is 108 cm³/mol. The molecule has 0 spiro atoms. The topological polar surface area (TPSA) is 40.5 Å². The monoisotopic (exact) mass is 352 g/mol. The number of hydrogen-bond acceptors (Lipinski definition) is 2. The number of rotatable bonds is 2. The van der Waals surface area contributed by atoms with Crippen LogP contribution in [0, 0.1) is 0 Å². The van der Waals surface area contributed by atoms with Crippen molar-refractivity contribution in [3.63, 3.8) is 0 Å². The third-order valence-corrected chi connectivity index (χ3v) is 5.89. The summed E-state index contributed by atoms with van der Waals surface area (Å²) in [5.74, 6) is 2.20. The van der Waals surface area contributed by atoms with Crippen LogP contribution in [0.2, 0.25) is 0 Å². The highest BCUT2D eigenvalue weighted by Crippen LogP contribution is 2.34. The third-order valence-electron chi connectivity index (χ3n) is 5.89. The molecule has 0 radical (unpaired) electrons. The maximum Gasteiger partial charge on any atom is 0.115 e. The fraction of sp³-hybridized carbons (Fsp3) is 0.500. The first-order valence-corrected chi connectivity index (χ1v) is 10.3. The highest BCUT2D eigenvalue weighted by atomic mass is 16.3. The largest absolute Gasteiger partial charge is 0.508 e. The van der Waals surface area contributed by atoms with Crippen LogP contribution >= 0.6 is 0 Å². The molecular formula is C24H32O2. The highest BCUT2D eigenvalue weighted by Gasteiger charge is 2.16. The van der Waals surface area contributed by atoms with E-state index in [1.54, 1.807) is 12.1 Å². The zero-order chi connectivity index (χ0) is 18.2. The van der Waals surface area contributed by atoms with Gasteiger partial charge in [-0.25, -0.2) is 0 Å². The molecule has 2 nitrogen and oxygen atoms in total. The van der Waals surface area contributed by atoms with Crippen LogP contribution in [-0.2, 0) is 0 Å². The Balaban J connectivity index is 0.000000151. The normalized spacial score (nSPS) is 18.8. The van der Waals surface area contributed by atoms with Gasteiger partial charge in [-0.3, -0.25) is 0 Å². The summed E-state index contributed by atoms with van der Waals surface area (Å²) in [6.45, 7) is 0. The number of phenolic OH excluding ortho intramolecular Hbond substituents is 2. The maximum absolute atomic E-state index is 9.34. The Hall–Kier alpha value is -1.96. The van der Waals surface area contributed by atoms with Crippen molar-refractivity contribution >= 4 is 0 Å². The van der Waals surface area contributed by atoms with Gasteiger partial charge in [0.15, 0.2) is 0 Å². The van der Waals surface area contributed by atoms with E-state index in [0.717, 1.165) is 0 Å².